The van der Waals surface area contributed by atoms with Crippen molar-refractivity contribution in [3.8, 4) is 0 Å². The summed E-state index contributed by atoms with van der Waals surface area (Å²) in [5.41, 5.74) is 2.87. The highest BCUT2D eigenvalue weighted by molar-refractivity contribution is 5.24. The Balaban J connectivity index is 1.49. The van der Waals surface area contributed by atoms with Crippen LogP contribution in [-0.4, -0.2) is 40.9 Å². The fourth-order valence-electron chi connectivity index (χ4n) is 3.67. The van der Waals surface area contributed by atoms with Crippen molar-refractivity contribution in [1.82, 2.24) is 20.0 Å². The number of nitrogens with zero attached hydrogens (tertiary/aromatic N) is 3. The van der Waals surface area contributed by atoms with E-state index in [4.69, 9.17) is 0 Å². The molecule has 0 amide bonds. The predicted molar refractivity (Wildman–Crippen MR) is 81.8 cm³/mol. The predicted octanol–water partition coefficient (Wildman–Crippen LogP) is 2.26. The van der Waals surface area contributed by atoms with Crippen LogP contribution in [0.3, 0.4) is 0 Å². The molecule has 1 aliphatic carbocycles. The van der Waals surface area contributed by atoms with Gasteiger partial charge in [-0.3, -0.25) is 4.68 Å². The molecule has 1 saturated heterocycles. The van der Waals surface area contributed by atoms with Gasteiger partial charge in [-0.2, -0.15) is 5.10 Å². The number of nitrogens with one attached hydrogen (secondary N) is 1. The molecule has 2 heterocycles. The molecule has 0 bridgehead atoms. The lowest BCUT2D eigenvalue weighted by Gasteiger charge is -2.26. The van der Waals surface area contributed by atoms with Crippen molar-refractivity contribution in [2.24, 2.45) is 7.05 Å². The standard InChI is InChI=1S/C16H28N4/c1-19-16-8-6-7-15(14(16)13-18-19)17-9-12-20-10-4-2-3-5-11-20/h13,15,17H,2-12H2,1H3. The van der Waals surface area contributed by atoms with Crippen LogP contribution in [-0.2, 0) is 13.5 Å². The van der Waals surface area contributed by atoms with Crippen LogP contribution in [0, 0.1) is 0 Å². The number of aromatic nitrogens is 2. The van der Waals surface area contributed by atoms with Gasteiger partial charge in [0.05, 0.1) is 6.20 Å². The van der Waals surface area contributed by atoms with Crippen LogP contribution < -0.4 is 5.32 Å². The van der Waals surface area contributed by atoms with E-state index < -0.39 is 0 Å². The second-order valence-electron chi connectivity index (χ2n) is 6.33. The molecule has 1 atom stereocenters. The van der Waals surface area contributed by atoms with Crippen LogP contribution in [0.2, 0.25) is 0 Å². The first-order valence-corrected chi connectivity index (χ1v) is 8.31. The molecule has 1 aromatic rings. The molecule has 112 valence electrons. The summed E-state index contributed by atoms with van der Waals surface area (Å²) in [5, 5.41) is 8.19. The van der Waals surface area contributed by atoms with Crippen LogP contribution in [0.1, 0.15) is 55.8 Å². The van der Waals surface area contributed by atoms with Gasteiger partial charge in [-0.05, 0) is 45.2 Å². The van der Waals surface area contributed by atoms with Crippen LogP contribution >= 0.6 is 0 Å². The summed E-state index contributed by atoms with van der Waals surface area (Å²) < 4.78 is 2.05. The zero-order chi connectivity index (χ0) is 13.8. The highest BCUT2D eigenvalue weighted by Gasteiger charge is 2.22. The zero-order valence-electron chi connectivity index (χ0n) is 12.8. The molecule has 1 fully saturated rings. The van der Waals surface area contributed by atoms with Gasteiger partial charge < -0.3 is 10.2 Å². The van der Waals surface area contributed by atoms with Crippen molar-refractivity contribution >= 4 is 0 Å². The van der Waals surface area contributed by atoms with Crippen molar-refractivity contribution < 1.29 is 0 Å². The Morgan fingerprint density at radius 3 is 2.80 bits per heavy atom. The maximum absolute atomic E-state index is 4.43. The number of hydrogen-bond donors (Lipinski definition) is 1. The van der Waals surface area contributed by atoms with E-state index >= 15 is 0 Å². The van der Waals surface area contributed by atoms with Gasteiger partial charge in [0.1, 0.15) is 0 Å². The molecule has 3 rings (SSSR count). The number of fused-ring (bicyclic) bond motifs is 1. The maximum Gasteiger partial charge on any atom is 0.0540 e. The molecule has 20 heavy (non-hydrogen) atoms. The molecule has 0 spiro atoms. The highest BCUT2D eigenvalue weighted by atomic mass is 15.3. The molecule has 0 saturated carbocycles. The Labute approximate surface area is 122 Å². The second-order valence-corrected chi connectivity index (χ2v) is 6.33. The summed E-state index contributed by atoms with van der Waals surface area (Å²) in [6.07, 6.45) is 11.4. The molecule has 4 nitrogen and oxygen atoms in total. The summed E-state index contributed by atoms with van der Waals surface area (Å²) in [5.74, 6) is 0. The number of likely N-dealkylation sites (tertiary alicyclic amines) is 1. The Kier molecular flexibility index (Phi) is 4.73. The average Bonchev–Trinajstić information content (AvgIpc) is 2.69. The first kappa shape index (κ1) is 14.1. The Hall–Kier alpha value is -0.870. The van der Waals surface area contributed by atoms with Crippen molar-refractivity contribution in [1.29, 1.82) is 0 Å². The van der Waals surface area contributed by atoms with Crippen molar-refractivity contribution in [2.45, 2.75) is 51.0 Å². The van der Waals surface area contributed by atoms with Crippen molar-refractivity contribution in [3.05, 3.63) is 17.5 Å². The van der Waals surface area contributed by atoms with Gasteiger partial charge in [-0.15, -0.1) is 0 Å². The fraction of sp³-hybridized carbons (Fsp3) is 0.812. The van der Waals surface area contributed by atoms with Crippen molar-refractivity contribution in [3.63, 3.8) is 0 Å². The SMILES string of the molecule is Cn1ncc2c1CCCC2NCCN1CCCCCC1. The van der Waals surface area contributed by atoms with E-state index in [1.54, 1.807) is 0 Å². The first-order chi connectivity index (χ1) is 9.84. The summed E-state index contributed by atoms with van der Waals surface area (Å²) in [7, 11) is 2.07. The van der Waals surface area contributed by atoms with Crippen LogP contribution in [0.25, 0.3) is 0 Å². The Morgan fingerprint density at radius 1 is 1.20 bits per heavy atom. The van der Waals surface area contributed by atoms with E-state index in [-0.39, 0.29) is 0 Å². The third-order valence-electron chi connectivity index (χ3n) is 4.89. The monoisotopic (exact) mass is 276 g/mol. The molecular weight excluding hydrogens is 248 g/mol. The number of aryl methyl sites for hydroxylation is 1. The van der Waals surface area contributed by atoms with Gasteiger partial charge in [0.2, 0.25) is 0 Å². The quantitative estimate of drug-likeness (QED) is 0.916. The maximum atomic E-state index is 4.43. The fourth-order valence-corrected chi connectivity index (χ4v) is 3.67. The van der Waals surface area contributed by atoms with Crippen LogP contribution in [0.4, 0.5) is 0 Å². The summed E-state index contributed by atoms with van der Waals surface area (Å²) >= 11 is 0. The van der Waals surface area contributed by atoms with E-state index in [2.05, 4.69) is 33.2 Å². The molecule has 1 aromatic heterocycles. The summed E-state index contributed by atoms with van der Waals surface area (Å²) in [6, 6.07) is 0.527. The van der Waals surface area contributed by atoms with Gasteiger partial charge in [0.15, 0.2) is 0 Å². The van der Waals surface area contributed by atoms with E-state index in [1.807, 2.05) is 0 Å². The topological polar surface area (TPSA) is 33.1 Å². The minimum atomic E-state index is 0.527. The summed E-state index contributed by atoms with van der Waals surface area (Å²) in [6.45, 7) is 4.90. The van der Waals surface area contributed by atoms with Crippen LogP contribution in [0.5, 0.6) is 0 Å². The second kappa shape index (κ2) is 6.72. The molecule has 0 aromatic carbocycles. The Bertz CT molecular complexity index is 418. The zero-order valence-corrected chi connectivity index (χ0v) is 12.8. The van der Waals surface area contributed by atoms with Gasteiger partial charge in [0.25, 0.3) is 0 Å². The molecule has 2 aliphatic rings. The normalized spacial score (nSPS) is 24.4. The van der Waals surface area contributed by atoms with E-state index in [0.717, 1.165) is 6.54 Å². The molecule has 1 N–H and O–H groups in total. The molecule has 4 heteroatoms. The third kappa shape index (κ3) is 3.23. The smallest absolute Gasteiger partial charge is 0.0540 e. The lowest BCUT2D eigenvalue weighted by molar-refractivity contribution is 0.276. The largest absolute Gasteiger partial charge is 0.309 e. The lowest BCUT2D eigenvalue weighted by atomic mass is 9.93. The van der Waals surface area contributed by atoms with Crippen LogP contribution in [0.15, 0.2) is 6.20 Å². The molecule has 1 unspecified atom stereocenters. The van der Waals surface area contributed by atoms with Gasteiger partial charge in [-0.25, -0.2) is 0 Å². The molecular formula is C16H28N4. The minimum absolute atomic E-state index is 0.527. The minimum Gasteiger partial charge on any atom is -0.309 e. The van der Waals surface area contributed by atoms with E-state index in [0.29, 0.717) is 6.04 Å². The average molecular weight is 276 g/mol. The van der Waals surface area contributed by atoms with Gasteiger partial charge in [-0.1, -0.05) is 12.8 Å². The third-order valence-corrected chi connectivity index (χ3v) is 4.89. The number of rotatable bonds is 4. The highest BCUT2D eigenvalue weighted by Crippen LogP contribution is 2.28. The molecule has 0 radical (unpaired) electrons. The number of hydrogen-bond acceptors (Lipinski definition) is 3. The Morgan fingerprint density at radius 2 is 2.00 bits per heavy atom. The molecule has 1 aliphatic heterocycles. The first-order valence-electron chi connectivity index (χ1n) is 8.31. The van der Waals surface area contributed by atoms with E-state index in [1.165, 1.54) is 75.8 Å². The summed E-state index contributed by atoms with van der Waals surface area (Å²) in [4.78, 5) is 2.63. The lowest BCUT2D eigenvalue weighted by Crippen LogP contribution is -2.35. The van der Waals surface area contributed by atoms with Gasteiger partial charge >= 0.3 is 0 Å². The van der Waals surface area contributed by atoms with Crippen molar-refractivity contribution in [2.75, 3.05) is 26.2 Å². The van der Waals surface area contributed by atoms with Gasteiger partial charge in [0, 0.05) is 37.4 Å². The van der Waals surface area contributed by atoms with E-state index in [9.17, 15) is 0 Å².